The smallest absolute Gasteiger partial charge is 0.262 e. The van der Waals surface area contributed by atoms with Gasteiger partial charge in [-0.2, -0.15) is 0 Å². The van der Waals surface area contributed by atoms with Crippen LogP contribution in [0, 0.1) is 0 Å². The maximum atomic E-state index is 12.9. The van der Waals surface area contributed by atoms with Crippen molar-refractivity contribution in [2.45, 2.75) is 4.90 Å². The highest BCUT2D eigenvalue weighted by atomic mass is 79.9. The first kappa shape index (κ1) is 14.5. The number of benzene rings is 2. The monoisotopic (exact) mass is 363 g/mol. The van der Waals surface area contributed by atoms with Crippen molar-refractivity contribution in [1.29, 1.82) is 0 Å². The summed E-state index contributed by atoms with van der Waals surface area (Å²) in [4.78, 5) is 15.9. The summed E-state index contributed by atoms with van der Waals surface area (Å²) < 4.78 is 6.24. The number of ether oxygens (including phenoxy) is 1. The SMILES string of the molecule is COc1cc(Br)ccc1C(=O)N1CCSc2ccccc21. The van der Waals surface area contributed by atoms with Crippen molar-refractivity contribution in [1.82, 2.24) is 0 Å². The van der Waals surface area contributed by atoms with Gasteiger partial charge in [0.2, 0.25) is 0 Å². The third-order valence-corrected chi connectivity index (χ3v) is 4.90. The lowest BCUT2D eigenvalue weighted by Crippen LogP contribution is -2.35. The Morgan fingerprint density at radius 1 is 1.29 bits per heavy atom. The van der Waals surface area contributed by atoms with Gasteiger partial charge in [0.25, 0.3) is 5.91 Å². The van der Waals surface area contributed by atoms with Crippen LogP contribution in [0.3, 0.4) is 0 Å². The fraction of sp³-hybridized carbons (Fsp3) is 0.188. The second-order valence-corrected chi connectivity index (χ2v) is 6.67. The van der Waals surface area contributed by atoms with Gasteiger partial charge < -0.3 is 9.64 Å². The largest absolute Gasteiger partial charge is 0.496 e. The fourth-order valence-corrected chi connectivity index (χ4v) is 3.70. The third kappa shape index (κ3) is 2.80. The molecule has 5 heteroatoms. The molecule has 0 atom stereocenters. The number of thioether (sulfide) groups is 1. The molecule has 0 saturated carbocycles. The molecule has 0 bridgehead atoms. The van der Waals surface area contributed by atoms with Gasteiger partial charge in [-0.15, -0.1) is 11.8 Å². The summed E-state index contributed by atoms with van der Waals surface area (Å²) in [6, 6.07) is 13.5. The van der Waals surface area contributed by atoms with Gasteiger partial charge in [0.1, 0.15) is 5.75 Å². The Hall–Kier alpha value is -1.46. The maximum absolute atomic E-state index is 12.9. The maximum Gasteiger partial charge on any atom is 0.262 e. The van der Waals surface area contributed by atoms with E-state index < -0.39 is 0 Å². The lowest BCUT2D eigenvalue weighted by atomic mass is 10.1. The van der Waals surface area contributed by atoms with Crippen molar-refractivity contribution in [3.8, 4) is 5.75 Å². The Morgan fingerprint density at radius 2 is 2.10 bits per heavy atom. The molecule has 0 aromatic heterocycles. The van der Waals surface area contributed by atoms with Crippen LogP contribution >= 0.6 is 27.7 Å². The molecule has 0 radical (unpaired) electrons. The van der Waals surface area contributed by atoms with Gasteiger partial charge in [0.15, 0.2) is 0 Å². The Morgan fingerprint density at radius 3 is 2.90 bits per heavy atom. The van der Waals surface area contributed by atoms with Crippen LogP contribution < -0.4 is 9.64 Å². The van der Waals surface area contributed by atoms with E-state index in [0.29, 0.717) is 17.9 Å². The molecule has 3 nitrogen and oxygen atoms in total. The highest BCUT2D eigenvalue weighted by Crippen LogP contribution is 2.36. The van der Waals surface area contributed by atoms with Crippen molar-refractivity contribution in [2.75, 3.05) is 24.3 Å². The molecule has 1 aliphatic heterocycles. The predicted molar refractivity (Wildman–Crippen MR) is 89.5 cm³/mol. The van der Waals surface area contributed by atoms with Crippen LogP contribution in [0.1, 0.15) is 10.4 Å². The van der Waals surface area contributed by atoms with Crippen molar-refractivity contribution >= 4 is 39.3 Å². The normalized spacial score (nSPS) is 13.7. The number of amides is 1. The van der Waals surface area contributed by atoms with Gasteiger partial charge >= 0.3 is 0 Å². The average molecular weight is 364 g/mol. The summed E-state index contributed by atoms with van der Waals surface area (Å²) in [6.45, 7) is 0.708. The van der Waals surface area contributed by atoms with E-state index >= 15 is 0 Å². The zero-order valence-corrected chi connectivity index (χ0v) is 13.9. The molecular weight excluding hydrogens is 350 g/mol. The second kappa shape index (κ2) is 6.12. The number of halogens is 1. The average Bonchev–Trinajstić information content (AvgIpc) is 2.53. The summed E-state index contributed by atoms with van der Waals surface area (Å²) in [7, 11) is 1.58. The first-order chi connectivity index (χ1) is 10.2. The number of carbonyl (C=O) groups excluding carboxylic acids is 1. The molecule has 0 spiro atoms. The van der Waals surface area contributed by atoms with Crippen LogP contribution in [0.15, 0.2) is 51.8 Å². The minimum absolute atomic E-state index is 0.0212. The molecule has 1 aliphatic rings. The number of methoxy groups -OCH3 is 1. The molecule has 2 aromatic carbocycles. The molecule has 108 valence electrons. The van der Waals surface area contributed by atoms with Gasteiger partial charge in [0.05, 0.1) is 18.4 Å². The Bertz CT molecular complexity index is 690. The molecule has 0 fully saturated rings. The van der Waals surface area contributed by atoms with Crippen LogP contribution in [0.4, 0.5) is 5.69 Å². The van der Waals surface area contributed by atoms with Gasteiger partial charge in [-0.25, -0.2) is 0 Å². The number of para-hydroxylation sites is 1. The Labute approximate surface area is 136 Å². The molecular formula is C16H14BrNO2S. The van der Waals surface area contributed by atoms with Crippen molar-refractivity contribution in [3.63, 3.8) is 0 Å². The number of nitrogens with zero attached hydrogens (tertiary/aromatic N) is 1. The van der Waals surface area contributed by atoms with E-state index in [1.807, 2.05) is 35.2 Å². The lowest BCUT2D eigenvalue weighted by Gasteiger charge is -2.29. The van der Waals surface area contributed by atoms with Gasteiger partial charge in [0, 0.05) is 21.7 Å². The first-order valence-electron chi connectivity index (χ1n) is 6.58. The lowest BCUT2D eigenvalue weighted by molar-refractivity contribution is 0.0984. The van der Waals surface area contributed by atoms with Gasteiger partial charge in [-0.05, 0) is 30.3 Å². The van der Waals surface area contributed by atoms with Crippen LogP contribution in [-0.2, 0) is 0 Å². The number of hydrogen-bond acceptors (Lipinski definition) is 3. The molecule has 3 rings (SSSR count). The Kier molecular flexibility index (Phi) is 4.22. The number of fused-ring (bicyclic) bond motifs is 1. The van der Waals surface area contributed by atoms with E-state index in [0.717, 1.165) is 20.8 Å². The van der Waals surface area contributed by atoms with E-state index in [-0.39, 0.29) is 5.91 Å². The molecule has 1 amide bonds. The van der Waals surface area contributed by atoms with Gasteiger partial charge in [-0.1, -0.05) is 28.1 Å². The van der Waals surface area contributed by atoms with Crippen LogP contribution in [0.5, 0.6) is 5.75 Å². The van der Waals surface area contributed by atoms with Crippen molar-refractivity contribution in [2.24, 2.45) is 0 Å². The van der Waals surface area contributed by atoms with Crippen LogP contribution in [-0.4, -0.2) is 25.3 Å². The summed E-state index contributed by atoms with van der Waals surface area (Å²) in [5, 5.41) is 0. The summed E-state index contributed by atoms with van der Waals surface area (Å²) in [5.41, 5.74) is 1.56. The highest BCUT2D eigenvalue weighted by Gasteiger charge is 2.25. The summed E-state index contributed by atoms with van der Waals surface area (Å²) in [6.07, 6.45) is 0. The second-order valence-electron chi connectivity index (χ2n) is 4.62. The van der Waals surface area contributed by atoms with Crippen molar-refractivity contribution in [3.05, 3.63) is 52.5 Å². The van der Waals surface area contributed by atoms with Crippen LogP contribution in [0.25, 0.3) is 0 Å². The standard InChI is InChI=1S/C16H14BrNO2S/c1-20-14-10-11(17)6-7-12(14)16(19)18-8-9-21-15-5-3-2-4-13(15)18/h2-7,10H,8-9H2,1H3. The van der Waals surface area contributed by atoms with E-state index in [9.17, 15) is 4.79 Å². The minimum Gasteiger partial charge on any atom is -0.496 e. The van der Waals surface area contributed by atoms with E-state index in [4.69, 9.17) is 4.74 Å². The highest BCUT2D eigenvalue weighted by molar-refractivity contribution is 9.10. The first-order valence-corrected chi connectivity index (χ1v) is 8.36. The number of hydrogen-bond donors (Lipinski definition) is 0. The molecule has 21 heavy (non-hydrogen) atoms. The zero-order chi connectivity index (χ0) is 14.8. The van der Waals surface area contributed by atoms with Crippen molar-refractivity contribution < 1.29 is 9.53 Å². The summed E-state index contributed by atoms with van der Waals surface area (Å²) >= 11 is 5.18. The number of carbonyl (C=O) groups is 1. The number of anilines is 1. The van der Waals surface area contributed by atoms with E-state index in [1.165, 1.54) is 0 Å². The topological polar surface area (TPSA) is 29.5 Å². The summed E-state index contributed by atoms with van der Waals surface area (Å²) in [5.74, 6) is 1.47. The van der Waals surface area contributed by atoms with E-state index in [2.05, 4.69) is 22.0 Å². The van der Waals surface area contributed by atoms with Crippen LogP contribution in [0.2, 0.25) is 0 Å². The zero-order valence-electron chi connectivity index (χ0n) is 11.5. The minimum atomic E-state index is -0.0212. The Balaban J connectivity index is 2.00. The fourth-order valence-electron chi connectivity index (χ4n) is 2.37. The molecule has 0 saturated heterocycles. The quantitative estimate of drug-likeness (QED) is 0.800. The molecule has 1 heterocycles. The molecule has 2 aromatic rings. The van der Waals surface area contributed by atoms with Gasteiger partial charge in [-0.3, -0.25) is 4.79 Å². The number of rotatable bonds is 2. The third-order valence-electron chi connectivity index (χ3n) is 3.37. The van der Waals surface area contributed by atoms with E-state index in [1.54, 1.807) is 24.9 Å². The predicted octanol–water partition coefficient (Wildman–Crippen LogP) is 4.21. The molecule has 0 N–H and O–H groups in total. The molecule has 0 unspecified atom stereocenters. The molecule has 0 aliphatic carbocycles.